The van der Waals surface area contributed by atoms with Gasteiger partial charge >= 0.3 is 0 Å². The Morgan fingerprint density at radius 1 is 1.21 bits per heavy atom. The Bertz CT molecular complexity index is 703. The van der Waals surface area contributed by atoms with Gasteiger partial charge in [0, 0.05) is 11.7 Å². The van der Waals surface area contributed by atoms with Crippen molar-refractivity contribution in [2.24, 2.45) is 0 Å². The number of nitrogens with one attached hydrogen (secondary N) is 2. The minimum Gasteiger partial charge on any atom is -0.381 e. The zero-order valence-electron chi connectivity index (χ0n) is 14.4. The van der Waals surface area contributed by atoms with Gasteiger partial charge < -0.3 is 10.6 Å². The molecule has 4 nitrogen and oxygen atoms in total. The smallest absolute Gasteiger partial charge is 0.274 e. The maximum absolute atomic E-state index is 12.5. The van der Waals surface area contributed by atoms with Crippen molar-refractivity contribution in [1.82, 2.24) is 4.98 Å². The van der Waals surface area contributed by atoms with Crippen LogP contribution in [0.2, 0.25) is 0 Å². The van der Waals surface area contributed by atoms with Crippen molar-refractivity contribution in [3.8, 4) is 0 Å². The fourth-order valence-corrected chi connectivity index (χ4v) is 3.30. The molecular formula is C20H25N3O. The van der Waals surface area contributed by atoms with Crippen LogP contribution in [0.15, 0.2) is 36.5 Å². The van der Waals surface area contributed by atoms with Crippen LogP contribution in [-0.4, -0.2) is 16.9 Å². The summed E-state index contributed by atoms with van der Waals surface area (Å²) >= 11 is 0. The molecule has 0 bridgehead atoms. The lowest BCUT2D eigenvalue weighted by atomic mass is 10.1. The van der Waals surface area contributed by atoms with E-state index in [0.717, 1.165) is 28.9 Å². The van der Waals surface area contributed by atoms with Crippen LogP contribution >= 0.6 is 0 Å². The lowest BCUT2D eigenvalue weighted by Crippen LogP contribution is -2.17. The topological polar surface area (TPSA) is 54.0 Å². The number of hydrogen-bond donors (Lipinski definition) is 2. The number of anilines is 2. The molecule has 0 atom stereocenters. The molecule has 0 spiro atoms. The number of aryl methyl sites for hydroxylation is 2. The molecule has 1 aliphatic carbocycles. The fourth-order valence-electron chi connectivity index (χ4n) is 3.30. The van der Waals surface area contributed by atoms with Crippen molar-refractivity contribution in [1.29, 1.82) is 0 Å². The molecule has 0 unspecified atom stereocenters. The Morgan fingerprint density at radius 2 is 2.00 bits per heavy atom. The highest BCUT2D eigenvalue weighted by atomic mass is 16.1. The molecule has 1 aliphatic rings. The van der Waals surface area contributed by atoms with Crippen LogP contribution in [0.3, 0.4) is 0 Å². The molecule has 126 valence electrons. The Morgan fingerprint density at radius 3 is 2.67 bits per heavy atom. The van der Waals surface area contributed by atoms with Gasteiger partial charge in [-0.15, -0.1) is 0 Å². The summed E-state index contributed by atoms with van der Waals surface area (Å²) in [6, 6.07) is 10.4. The Kier molecular flexibility index (Phi) is 5.14. The number of benzene rings is 1. The van der Waals surface area contributed by atoms with Crippen LogP contribution in [0.1, 0.15) is 54.2 Å². The molecule has 0 aliphatic heterocycles. The van der Waals surface area contributed by atoms with Crippen molar-refractivity contribution in [2.75, 3.05) is 10.6 Å². The third-order valence-corrected chi connectivity index (χ3v) is 4.70. The van der Waals surface area contributed by atoms with Crippen LogP contribution in [0.4, 0.5) is 11.4 Å². The molecule has 0 radical (unpaired) electrons. The molecule has 0 saturated heterocycles. The quantitative estimate of drug-likeness (QED) is 0.848. The Balaban J connectivity index is 1.69. The van der Waals surface area contributed by atoms with Crippen molar-refractivity contribution >= 4 is 17.3 Å². The first-order valence-corrected chi connectivity index (χ1v) is 8.80. The van der Waals surface area contributed by atoms with Gasteiger partial charge in [-0.2, -0.15) is 0 Å². The van der Waals surface area contributed by atoms with Gasteiger partial charge in [-0.05, 0) is 49.4 Å². The van der Waals surface area contributed by atoms with E-state index in [1.165, 1.54) is 25.7 Å². The predicted molar refractivity (Wildman–Crippen MR) is 98.6 cm³/mol. The summed E-state index contributed by atoms with van der Waals surface area (Å²) < 4.78 is 0. The summed E-state index contributed by atoms with van der Waals surface area (Å²) in [6.07, 6.45) is 7.66. The number of pyridine rings is 1. The SMILES string of the molecule is CCc1cccc(C)c1NC(=O)c1ccc(NC2CCCC2)cn1. The average molecular weight is 323 g/mol. The number of nitrogens with zero attached hydrogens (tertiary/aromatic N) is 1. The minimum atomic E-state index is -0.161. The molecular weight excluding hydrogens is 298 g/mol. The molecule has 3 rings (SSSR count). The van der Waals surface area contributed by atoms with Gasteiger partial charge in [0.25, 0.3) is 5.91 Å². The number of amides is 1. The van der Waals surface area contributed by atoms with Gasteiger partial charge in [0.2, 0.25) is 0 Å². The van der Waals surface area contributed by atoms with E-state index in [0.29, 0.717) is 11.7 Å². The van der Waals surface area contributed by atoms with Gasteiger partial charge in [-0.1, -0.05) is 38.0 Å². The summed E-state index contributed by atoms with van der Waals surface area (Å²) in [6.45, 7) is 4.10. The molecule has 1 aromatic heterocycles. The number of carbonyl (C=O) groups excluding carboxylic acids is 1. The van der Waals surface area contributed by atoms with Gasteiger partial charge in [0.15, 0.2) is 0 Å². The molecule has 1 aromatic carbocycles. The van der Waals surface area contributed by atoms with Crippen molar-refractivity contribution in [3.63, 3.8) is 0 Å². The number of hydrogen-bond acceptors (Lipinski definition) is 3. The van der Waals surface area contributed by atoms with E-state index in [1.807, 2.05) is 31.2 Å². The maximum Gasteiger partial charge on any atom is 0.274 e. The monoisotopic (exact) mass is 323 g/mol. The van der Waals surface area contributed by atoms with E-state index in [9.17, 15) is 4.79 Å². The third kappa shape index (κ3) is 3.75. The Hall–Kier alpha value is -2.36. The first-order chi connectivity index (χ1) is 11.7. The summed E-state index contributed by atoms with van der Waals surface area (Å²) in [4.78, 5) is 16.8. The number of para-hydroxylation sites is 1. The van der Waals surface area contributed by atoms with Crippen LogP contribution < -0.4 is 10.6 Å². The second-order valence-electron chi connectivity index (χ2n) is 6.47. The molecule has 24 heavy (non-hydrogen) atoms. The van der Waals surface area contributed by atoms with Crippen molar-refractivity contribution < 1.29 is 4.79 Å². The van der Waals surface area contributed by atoms with Crippen molar-refractivity contribution in [2.45, 2.75) is 52.0 Å². The number of aromatic nitrogens is 1. The number of carbonyl (C=O) groups is 1. The van der Waals surface area contributed by atoms with Gasteiger partial charge in [0.05, 0.1) is 11.9 Å². The zero-order chi connectivity index (χ0) is 16.9. The van der Waals surface area contributed by atoms with Gasteiger partial charge in [-0.3, -0.25) is 4.79 Å². The van der Waals surface area contributed by atoms with Crippen molar-refractivity contribution in [3.05, 3.63) is 53.3 Å². The maximum atomic E-state index is 12.5. The largest absolute Gasteiger partial charge is 0.381 e. The van der Waals surface area contributed by atoms with E-state index < -0.39 is 0 Å². The first-order valence-electron chi connectivity index (χ1n) is 8.80. The lowest BCUT2D eigenvalue weighted by Gasteiger charge is -2.14. The first kappa shape index (κ1) is 16.5. The molecule has 1 heterocycles. The van der Waals surface area contributed by atoms with E-state index in [-0.39, 0.29) is 5.91 Å². The molecule has 1 amide bonds. The third-order valence-electron chi connectivity index (χ3n) is 4.70. The second-order valence-corrected chi connectivity index (χ2v) is 6.47. The number of rotatable bonds is 5. The Labute approximate surface area is 143 Å². The fraction of sp³-hybridized carbons (Fsp3) is 0.400. The van der Waals surface area contributed by atoms with Gasteiger partial charge in [0.1, 0.15) is 5.69 Å². The van der Waals surface area contributed by atoms with E-state index >= 15 is 0 Å². The molecule has 2 aromatic rings. The zero-order valence-corrected chi connectivity index (χ0v) is 14.4. The standard InChI is InChI=1S/C20H25N3O/c1-3-15-8-6-7-14(2)19(15)23-20(24)18-12-11-17(13-21-18)22-16-9-4-5-10-16/h6-8,11-13,16,22H,3-5,9-10H2,1-2H3,(H,23,24). The van der Waals surface area contributed by atoms with E-state index in [2.05, 4.69) is 22.5 Å². The van der Waals surface area contributed by atoms with E-state index in [1.54, 1.807) is 12.3 Å². The second kappa shape index (κ2) is 7.47. The summed E-state index contributed by atoms with van der Waals surface area (Å²) in [5.41, 5.74) is 4.55. The molecule has 2 N–H and O–H groups in total. The average Bonchev–Trinajstić information content (AvgIpc) is 3.10. The summed E-state index contributed by atoms with van der Waals surface area (Å²) in [5, 5.41) is 6.51. The van der Waals surface area contributed by atoms with E-state index in [4.69, 9.17) is 0 Å². The highest BCUT2D eigenvalue weighted by Crippen LogP contribution is 2.23. The van der Waals surface area contributed by atoms with Crippen LogP contribution in [0.25, 0.3) is 0 Å². The van der Waals surface area contributed by atoms with Crippen LogP contribution in [0.5, 0.6) is 0 Å². The summed E-state index contributed by atoms with van der Waals surface area (Å²) in [7, 11) is 0. The normalized spacial score (nSPS) is 14.6. The molecule has 1 saturated carbocycles. The molecule has 4 heteroatoms. The predicted octanol–water partition coefficient (Wildman–Crippen LogP) is 4.56. The van der Waals surface area contributed by atoms with Gasteiger partial charge in [-0.25, -0.2) is 4.98 Å². The van der Waals surface area contributed by atoms with Crippen LogP contribution in [-0.2, 0) is 6.42 Å². The summed E-state index contributed by atoms with van der Waals surface area (Å²) in [5.74, 6) is -0.161. The highest BCUT2D eigenvalue weighted by molar-refractivity contribution is 6.03. The van der Waals surface area contributed by atoms with Crippen LogP contribution in [0, 0.1) is 6.92 Å². The molecule has 1 fully saturated rings. The minimum absolute atomic E-state index is 0.161. The lowest BCUT2D eigenvalue weighted by molar-refractivity contribution is 0.102. The highest BCUT2D eigenvalue weighted by Gasteiger charge is 2.15.